The molecule has 0 nitrogen and oxygen atoms in total. The molecule has 0 aromatic carbocycles. The summed E-state index contributed by atoms with van der Waals surface area (Å²) in [7, 11) is 0. The van der Waals surface area contributed by atoms with Crippen LogP contribution in [0.3, 0.4) is 0 Å². The monoisotopic (exact) mass is 170 g/mol. The molecule has 0 unspecified atom stereocenters. The highest BCUT2D eigenvalue weighted by atomic mass is 14.2. The van der Waals surface area contributed by atoms with E-state index in [9.17, 15) is 0 Å². The van der Waals surface area contributed by atoms with E-state index in [2.05, 4.69) is 34.6 Å². The molecule has 0 aromatic heterocycles. The topological polar surface area (TPSA) is 0 Å². The van der Waals surface area contributed by atoms with Gasteiger partial charge in [0.15, 0.2) is 0 Å². The lowest BCUT2D eigenvalue weighted by Crippen LogP contribution is -2.10. The minimum atomic E-state index is 0.587. The summed E-state index contributed by atoms with van der Waals surface area (Å²) in [5.74, 6) is 0.877. The van der Waals surface area contributed by atoms with Crippen LogP contribution < -0.4 is 0 Å². The van der Waals surface area contributed by atoms with Crippen molar-refractivity contribution in [2.45, 2.75) is 66.7 Å². The Hall–Kier alpha value is 0. The fraction of sp³-hybridized carbons (Fsp3) is 1.00. The summed E-state index contributed by atoms with van der Waals surface area (Å²) < 4.78 is 0. The summed E-state index contributed by atoms with van der Waals surface area (Å²) in [6.07, 6.45) is 6.91. The molecule has 0 saturated heterocycles. The molecular formula is C12H26. The smallest absolute Gasteiger partial charge is 0.0354 e. The van der Waals surface area contributed by atoms with E-state index in [1.165, 1.54) is 32.1 Å². The molecule has 0 atom stereocenters. The van der Waals surface area contributed by atoms with Crippen LogP contribution in [0.25, 0.3) is 0 Å². The molecule has 0 aliphatic heterocycles. The number of rotatable bonds is 6. The normalized spacial score (nSPS) is 12.5. The zero-order valence-electron chi connectivity index (χ0n) is 9.61. The van der Waals surface area contributed by atoms with Gasteiger partial charge in [0.05, 0.1) is 0 Å². The summed E-state index contributed by atoms with van der Waals surface area (Å²) in [6.45, 7) is 11.7. The second kappa shape index (κ2) is 5.61. The maximum atomic E-state index is 2.40. The average molecular weight is 170 g/mol. The molecule has 0 aliphatic carbocycles. The summed E-state index contributed by atoms with van der Waals surface area (Å²) >= 11 is 0. The van der Waals surface area contributed by atoms with E-state index >= 15 is 0 Å². The zero-order valence-corrected chi connectivity index (χ0v) is 9.61. The second-order valence-electron chi connectivity index (χ2n) is 5.20. The fourth-order valence-electron chi connectivity index (χ4n) is 1.79. The molecule has 12 heavy (non-hydrogen) atoms. The summed E-state index contributed by atoms with van der Waals surface area (Å²) in [4.78, 5) is 0. The predicted octanol–water partition coefficient (Wildman–Crippen LogP) is 4.64. The van der Waals surface area contributed by atoms with Crippen molar-refractivity contribution < 1.29 is 0 Å². The summed E-state index contributed by atoms with van der Waals surface area (Å²) in [5, 5.41) is 0. The lowest BCUT2D eigenvalue weighted by atomic mass is 9.82. The first kappa shape index (κ1) is 12.0. The van der Waals surface area contributed by atoms with Crippen LogP contribution in [0.1, 0.15) is 66.7 Å². The van der Waals surface area contributed by atoms with Crippen LogP contribution in [0.15, 0.2) is 0 Å². The number of hydrogen-bond donors (Lipinski definition) is 0. The predicted molar refractivity (Wildman–Crippen MR) is 57.4 cm³/mol. The third-order valence-electron chi connectivity index (χ3n) is 2.56. The van der Waals surface area contributed by atoms with E-state index in [1.807, 2.05) is 0 Å². The first-order valence-electron chi connectivity index (χ1n) is 5.48. The van der Waals surface area contributed by atoms with E-state index in [-0.39, 0.29) is 0 Å². The van der Waals surface area contributed by atoms with Gasteiger partial charge in [-0.1, -0.05) is 53.9 Å². The van der Waals surface area contributed by atoms with E-state index in [0.29, 0.717) is 5.41 Å². The van der Waals surface area contributed by atoms with E-state index in [0.717, 1.165) is 5.92 Å². The number of hydrogen-bond acceptors (Lipinski definition) is 0. The van der Waals surface area contributed by atoms with E-state index in [4.69, 9.17) is 0 Å². The maximum Gasteiger partial charge on any atom is -0.0354 e. The Bertz CT molecular complexity index is 101. The molecule has 0 heteroatoms. The largest absolute Gasteiger partial charge is 0.0654 e. The van der Waals surface area contributed by atoms with Crippen molar-refractivity contribution in [2.24, 2.45) is 11.3 Å². The molecule has 0 fully saturated rings. The molecule has 0 N–H and O–H groups in total. The molecule has 0 amide bonds. The van der Waals surface area contributed by atoms with Crippen LogP contribution in [0.2, 0.25) is 0 Å². The Kier molecular flexibility index (Phi) is 5.61. The third kappa shape index (κ3) is 6.69. The SMILES string of the molecule is CCCC(C)(C)CCCC(C)C. The highest BCUT2D eigenvalue weighted by Gasteiger charge is 2.15. The third-order valence-corrected chi connectivity index (χ3v) is 2.56. The van der Waals surface area contributed by atoms with Crippen molar-refractivity contribution in [1.82, 2.24) is 0 Å². The molecule has 0 saturated carbocycles. The van der Waals surface area contributed by atoms with Gasteiger partial charge in [0.1, 0.15) is 0 Å². The van der Waals surface area contributed by atoms with Crippen molar-refractivity contribution in [3.05, 3.63) is 0 Å². The Morgan fingerprint density at radius 2 is 1.67 bits per heavy atom. The first-order valence-corrected chi connectivity index (χ1v) is 5.48. The van der Waals surface area contributed by atoms with E-state index in [1.54, 1.807) is 0 Å². The van der Waals surface area contributed by atoms with E-state index < -0.39 is 0 Å². The van der Waals surface area contributed by atoms with Gasteiger partial charge >= 0.3 is 0 Å². The van der Waals surface area contributed by atoms with Crippen LogP contribution in [0.5, 0.6) is 0 Å². The van der Waals surface area contributed by atoms with Gasteiger partial charge < -0.3 is 0 Å². The lowest BCUT2D eigenvalue weighted by molar-refractivity contribution is 0.286. The molecule has 0 heterocycles. The van der Waals surface area contributed by atoms with Crippen molar-refractivity contribution in [1.29, 1.82) is 0 Å². The van der Waals surface area contributed by atoms with Crippen molar-refractivity contribution in [3.8, 4) is 0 Å². The second-order valence-corrected chi connectivity index (χ2v) is 5.20. The average Bonchev–Trinajstić information content (AvgIpc) is 1.85. The van der Waals surface area contributed by atoms with Gasteiger partial charge in [-0.05, 0) is 24.2 Å². The highest BCUT2D eigenvalue weighted by Crippen LogP contribution is 2.29. The zero-order chi connectivity index (χ0) is 9.61. The van der Waals surface area contributed by atoms with Gasteiger partial charge in [-0.2, -0.15) is 0 Å². The first-order chi connectivity index (χ1) is 5.48. The highest BCUT2D eigenvalue weighted by molar-refractivity contribution is 4.67. The molecular weight excluding hydrogens is 144 g/mol. The molecule has 0 bridgehead atoms. The van der Waals surface area contributed by atoms with Crippen LogP contribution in [-0.2, 0) is 0 Å². The van der Waals surface area contributed by atoms with Crippen LogP contribution in [0, 0.1) is 11.3 Å². The molecule has 74 valence electrons. The van der Waals surface area contributed by atoms with Gasteiger partial charge in [-0.25, -0.2) is 0 Å². The molecule has 0 rings (SSSR count). The Balaban J connectivity index is 3.46. The van der Waals surface area contributed by atoms with Crippen LogP contribution in [-0.4, -0.2) is 0 Å². The van der Waals surface area contributed by atoms with Gasteiger partial charge in [0.25, 0.3) is 0 Å². The van der Waals surface area contributed by atoms with Gasteiger partial charge in [-0.15, -0.1) is 0 Å². The molecule has 0 aromatic rings. The fourth-order valence-corrected chi connectivity index (χ4v) is 1.79. The Morgan fingerprint density at radius 1 is 1.08 bits per heavy atom. The molecule has 0 aliphatic rings. The lowest BCUT2D eigenvalue weighted by Gasteiger charge is -2.24. The Morgan fingerprint density at radius 3 is 2.08 bits per heavy atom. The Labute approximate surface area is 78.8 Å². The molecule has 0 spiro atoms. The summed E-state index contributed by atoms with van der Waals surface area (Å²) in [6, 6.07) is 0. The minimum Gasteiger partial charge on any atom is -0.0654 e. The van der Waals surface area contributed by atoms with Gasteiger partial charge in [0, 0.05) is 0 Å². The van der Waals surface area contributed by atoms with Gasteiger partial charge in [0.2, 0.25) is 0 Å². The minimum absolute atomic E-state index is 0.587. The van der Waals surface area contributed by atoms with Crippen molar-refractivity contribution >= 4 is 0 Å². The molecule has 0 radical (unpaired) electrons. The van der Waals surface area contributed by atoms with Crippen molar-refractivity contribution in [3.63, 3.8) is 0 Å². The summed E-state index contributed by atoms with van der Waals surface area (Å²) in [5.41, 5.74) is 0.587. The van der Waals surface area contributed by atoms with Crippen LogP contribution in [0.4, 0.5) is 0 Å². The maximum absolute atomic E-state index is 2.40. The van der Waals surface area contributed by atoms with Gasteiger partial charge in [-0.3, -0.25) is 0 Å². The quantitative estimate of drug-likeness (QED) is 0.545. The standard InChI is InChI=1S/C12H26/c1-6-9-12(4,5)10-7-8-11(2)3/h11H,6-10H2,1-5H3. The van der Waals surface area contributed by atoms with Crippen molar-refractivity contribution in [2.75, 3.05) is 0 Å². The van der Waals surface area contributed by atoms with Crippen LogP contribution >= 0.6 is 0 Å².